The Bertz CT molecular complexity index is 135. The van der Waals surface area contributed by atoms with Crippen LogP contribution >= 0.6 is 15.6 Å². The summed E-state index contributed by atoms with van der Waals surface area (Å²) in [4.78, 5) is 45.8. The Morgan fingerprint density at radius 3 is 0.714 bits per heavy atom. The first-order valence-electron chi connectivity index (χ1n) is 1.53. The second-order valence-electron chi connectivity index (χ2n) is 0.981. The zero-order valence-corrected chi connectivity index (χ0v) is 16.2. The van der Waals surface area contributed by atoms with Crippen molar-refractivity contribution in [3.05, 3.63) is 0 Å². The van der Waals surface area contributed by atoms with Crippen LogP contribution in [0.3, 0.4) is 0 Å². The zero-order valence-electron chi connectivity index (χ0n) is 7.69. The summed E-state index contributed by atoms with van der Waals surface area (Å²) in [6, 6.07) is 0. The van der Waals surface area contributed by atoms with Crippen molar-refractivity contribution in [1.29, 1.82) is 0 Å². The van der Waals surface area contributed by atoms with Gasteiger partial charge in [0.1, 0.15) is 0 Å². The molecule has 72 valence electrons. The first kappa shape index (κ1) is 36.0. The molecule has 0 unspecified atom stereocenters. The third kappa shape index (κ3) is 265. The molecule has 14 heavy (non-hydrogen) atoms. The summed E-state index contributed by atoms with van der Waals surface area (Å²) in [5.74, 6) is 0. The standard InChI is InChI=1S/ClH.3Na.2H3O4P/c;;;;2*1-5(2,3)4/h1H;;;;2*(H3,1,2,3,4)/q;3*+1;;/p-3. The number of hydrogen-bond acceptors (Lipinski definition) is 4. The van der Waals surface area contributed by atoms with Crippen molar-refractivity contribution < 1.29 is 140 Å². The molecule has 0 saturated carbocycles. The van der Waals surface area contributed by atoms with Gasteiger partial charge in [0.25, 0.3) is 15.6 Å². The van der Waals surface area contributed by atoms with Crippen LogP contribution < -0.4 is 111 Å². The van der Waals surface area contributed by atoms with E-state index in [2.05, 4.69) is 0 Å². The second kappa shape index (κ2) is 16.5. The molecule has 0 fully saturated rings. The number of rotatable bonds is 0. The van der Waals surface area contributed by atoms with Crippen LogP contribution in [0, 0.1) is 0 Å². The molecule has 14 heteroatoms. The van der Waals surface area contributed by atoms with Crippen LogP contribution in [-0.4, -0.2) is 19.6 Å². The molecule has 0 aliphatic heterocycles. The molecule has 0 aromatic carbocycles. The molecule has 0 aromatic heterocycles. The van der Waals surface area contributed by atoms with Gasteiger partial charge in [-0.3, -0.25) is 9.13 Å². The minimum atomic E-state index is -4.89. The van der Waals surface area contributed by atoms with Crippen molar-refractivity contribution in [2.24, 2.45) is 0 Å². The van der Waals surface area contributed by atoms with Gasteiger partial charge in [-0.25, -0.2) is 0 Å². The van der Waals surface area contributed by atoms with E-state index in [0.717, 1.165) is 0 Å². The maximum atomic E-state index is 8.77. The van der Waals surface area contributed by atoms with Crippen LogP contribution in [0.2, 0.25) is 0 Å². The van der Waals surface area contributed by atoms with Gasteiger partial charge in [0.15, 0.2) is 0 Å². The van der Waals surface area contributed by atoms with E-state index in [-0.39, 0.29) is 101 Å². The van der Waals surface area contributed by atoms with E-state index in [1.807, 2.05) is 0 Å². The molecule has 0 aliphatic rings. The molecular formula is H4ClNa3O8P2. The smallest absolute Gasteiger partial charge is 1.00 e. The molecule has 0 aliphatic carbocycles. The van der Waals surface area contributed by atoms with E-state index in [0.29, 0.717) is 0 Å². The molecule has 0 saturated heterocycles. The molecule has 0 bridgehead atoms. The normalized spacial score (nSPS) is 8.43. The maximum absolute atomic E-state index is 8.77. The molecule has 0 amide bonds. The van der Waals surface area contributed by atoms with Crippen LogP contribution in [0.1, 0.15) is 0 Å². The minimum Gasteiger partial charge on any atom is -1.00 e. The Morgan fingerprint density at radius 2 is 0.714 bits per heavy atom. The molecule has 0 heterocycles. The van der Waals surface area contributed by atoms with Crippen LogP contribution in [0.4, 0.5) is 0 Å². The monoisotopic (exact) mass is 298 g/mol. The molecular weight excluding hydrogens is 294 g/mol. The minimum absolute atomic E-state index is 0. The topological polar surface area (TPSA) is 161 Å². The molecule has 4 N–H and O–H groups in total. The largest absolute Gasteiger partial charge is 1.00 e. The van der Waals surface area contributed by atoms with Gasteiger partial charge in [-0.05, 0) is 0 Å². The summed E-state index contributed by atoms with van der Waals surface area (Å²) < 4.78 is 17.5. The van der Waals surface area contributed by atoms with Crippen molar-refractivity contribution in [3.63, 3.8) is 0 Å². The average Bonchev–Trinajstić information content (AvgIpc) is 1.12. The third-order valence-corrected chi connectivity index (χ3v) is 0. The van der Waals surface area contributed by atoms with E-state index in [4.69, 9.17) is 38.5 Å². The van der Waals surface area contributed by atoms with E-state index >= 15 is 0 Å². The molecule has 0 spiro atoms. The summed E-state index contributed by atoms with van der Waals surface area (Å²) in [5, 5.41) is 0. The van der Waals surface area contributed by atoms with E-state index in [9.17, 15) is 0 Å². The summed E-state index contributed by atoms with van der Waals surface area (Å²) in [5.41, 5.74) is 0. The van der Waals surface area contributed by atoms with Gasteiger partial charge in [0.05, 0.1) is 0 Å². The first-order chi connectivity index (χ1) is 4.00. The Balaban J connectivity index is -0.0000000178. The van der Waals surface area contributed by atoms with Gasteiger partial charge in [-0.15, -0.1) is 0 Å². The van der Waals surface area contributed by atoms with Crippen molar-refractivity contribution in [3.8, 4) is 0 Å². The predicted molar refractivity (Wildman–Crippen MR) is 24.1 cm³/mol. The SMILES string of the molecule is O=P([O-])(O)O.O=P([O-])(O)O.[Cl-].[Na+].[Na+].[Na+]. The van der Waals surface area contributed by atoms with Gasteiger partial charge in [0, 0.05) is 0 Å². The fraction of sp³-hybridized carbons (Fsp3) is 0. The maximum Gasteiger partial charge on any atom is 1.00 e. The quantitative estimate of drug-likeness (QED) is 0.253. The molecule has 0 atom stereocenters. The Hall–Kier alpha value is 3.51. The Morgan fingerprint density at radius 1 is 0.714 bits per heavy atom. The molecule has 0 rings (SSSR count). The third-order valence-electron chi connectivity index (χ3n) is 0. The van der Waals surface area contributed by atoms with Crippen molar-refractivity contribution >= 4 is 15.6 Å². The van der Waals surface area contributed by atoms with E-state index in [1.54, 1.807) is 0 Å². The summed E-state index contributed by atoms with van der Waals surface area (Å²) in [7, 11) is -9.78. The zero-order chi connectivity index (χ0) is 9.00. The van der Waals surface area contributed by atoms with Crippen molar-refractivity contribution in [1.82, 2.24) is 0 Å². The molecule has 0 aromatic rings. The van der Waals surface area contributed by atoms with Crippen LogP contribution in [0.25, 0.3) is 0 Å². The fourth-order valence-electron chi connectivity index (χ4n) is 0. The summed E-state index contributed by atoms with van der Waals surface area (Å²) in [6.45, 7) is 0. The summed E-state index contributed by atoms with van der Waals surface area (Å²) in [6.07, 6.45) is 0. The number of hydrogen-bond donors (Lipinski definition) is 4. The van der Waals surface area contributed by atoms with Crippen LogP contribution in [0.15, 0.2) is 0 Å². The van der Waals surface area contributed by atoms with Crippen LogP contribution in [-0.2, 0) is 9.13 Å². The Kier molecular flexibility index (Phi) is 42.5. The first-order valence-corrected chi connectivity index (χ1v) is 4.59. The van der Waals surface area contributed by atoms with Crippen LogP contribution in [0.5, 0.6) is 0 Å². The van der Waals surface area contributed by atoms with Crippen molar-refractivity contribution in [2.45, 2.75) is 0 Å². The second-order valence-corrected chi connectivity index (χ2v) is 2.94. The van der Waals surface area contributed by atoms with Gasteiger partial charge in [0.2, 0.25) is 0 Å². The molecule has 0 radical (unpaired) electrons. The van der Waals surface area contributed by atoms with E-state index < -0.39 is 15.6 Å². The van der Waals surface area contributed by atoms with Crippen molar-refractivity contribution in [2.75, 3.05) is 0 Å². The predicted octanol–water partition coefficient (Wildman–Crippen LogP) is -15.1. The number of phosphoric acid groups is 2. The fourth-order valence-corrected chi connectivity index (χ4v) is 0. The van der Waals surface area contributed by atoms with Gasteiger partial charge in [-0.2, -0.15) is 0 Å². The van der Waals surface area contributed by atoms with Gasteiger partial charge in [-0.1, -0.05) is 0 Å². The Labute approximate surface area is 153 Å². The summed E-state index contributed by atoms with van der Waals surface area (Å²) >= 11 is 0. The number of halogens is 1. The van der Waals surface area contributed by atoms with E-state index in [1.165, 1.54) is 0 Å². The molecule has 8 nitrogen and oxygen atoms in total. The van der Waals surface area contributed by atoms with Gasteiger partial charge < -0.3 is 41.8 Å². The average molecular weight is 298 g/mol. The van der Waals surface area contributed by atoms with Gasteiger partial charge >= 0.3 is 88.7 Å².